The number of para-hydroxylation sites is 1. The lowest BCUT2D eigenvalue weighted by atomic mass is 10.00. The largest absolute Gasteiger partial charge is 0.310 e. The van der Waals surface area contributed by atoms with E-state index in [0.29, 0.717) is 0 Å². The quantitative estimate of drug-likeness (QED) is 0.164. The second kappa shape index (κ2) is 13.6. The van der Waals surface area contributed by atoms with Crippen LogP contribution < -0.4 is 4.90 Å². The van der Waals surface area contributed by atoms with Gasteiger partial charge in [0, 0.05) is 59.0 Å². The van der Waals surface area contributed by atoms with Gasteiger partial charge in [-0.1, -0.05) is 158 Å². The molecular weight excluding hydrogens is 733 g/mol. The smallest absolute Gasteiger partial charge is 0.0547 e. The zero-order chi connectivity index (χ0) is 38.9. The number of benzene rings is 10. The summed E-state index contributed by atoms with van der Waals surface area (Å²) in [6.07, 6.45) is 0. The van der Waals surface area contributed by atoms with Crippen LogP contribution >= 0.6 is 11.3 Å². The monoisotopic (exact) mass is 768 g/mol. The average molecular weight is 769 g/mol. The van der Waals surface area contributed by atoms with E-state index >= 15 is 0 Å². The molecule has 0 aliphatic carbocycles. The minimum atomic E-state index is 1.11. The maximum absolute atomic E-state index is 2.48. The number of fused-ring (bicyclic) bond motifs is 8. The van der Waals surface area contributed by atoms with Crippen LogP contribution in [0.3, 0.4) is 0 Å². The molecule has 10 aromatic carbocycles. The van der Waals surface area contributed by atoms with Crippen LogP contribution in [0.1, 0.15) is 0 Å². The Hall–Kier alpha value is -7.46. The second-order valence-corrected chi connectivity index (χ2v) is 16.4. The number of hydrogen-bond acceptors (Lipinski definition) is 2. The molecule has 0 aliphatic rings. The van der Waals surface area contributed by atoms with Gasteiger partial charge in [0.1, 0.15) is 0 Å². The Labute approximate surface area is 346 Å². The van der Waals surface area contributed by atoms with Crippen molar-refractivity contribution in [3.63, 3.8) is 0 Å². The topological polar surface area (TPSA) is 8.17 Å². The lowest BCUT2D eigenvalue weighted by Gasteiger charge is -2.27. The van der Waals surface area contributed by atoms with Crippen LogP contribution in [0, 0.1) is 0 Å². The molecule has 0 fully saturated rings. The van der Waals surface area contributed by atoms with Gasteiger partial charge in [-0.25, -0.2) is 0 Å². The van der Waals surface area contributed by atoms with Crippen LogP contribution in [0.2, 0.25) is 0 Å². The van der Waals surface area contributed by atoms with E-state index in [4.69, 9.17) is 0 Å². The van der Waals surface area contributed by atoms with Gasteiger partial charge in [0.25, 0.3) is 0 Å². The molecule has 0 saturated carbocycles. The lowest BCUT2D eigenvalue weighted by Crippen LogP contribution is -2.10. The normalized spacial score (nSPS) is 11.7. The molecule has 12 aromatic rings. The molecule has 0 aliphatic heterocycles. The van der Waals surface area contributed by atoms with E-state index in [-0.39, 0.29) is 0 Å². The van der Waals surface area contributed by atoms with Crippen LogP contribution in [-0.2, 0) is 0 Å². The van der Waals surface area contributed by atoms with Crippen LogP contribution in [0.25, 0.3) is 91.5 Å². The van der Waals surface area contributed by atoms with E-state index in [1.54, 1.807) is 0 Å². The van der Waals surface area contributed by atoms with Gasteiger partial charge in [-0.2, -0.15) is 0 Å². The molecule has 0 unspecified atom stereocenters. The first-order chi connectivity index (χ1) is 29.2. The fraction of sp³-hybridized carbons (Fsp3) is 0. The molecule has 276 valence electrons. The number of nitrogens with zero attached hydrogens (tertiary/aromatic N) is 2. The van der Waals surface area contributed by atoms with Gasteiger partial charge in [-0.3, -0.25) is 0 Å². The first-order valence-electron chi connectivity index (χ1n) is 20.2. The van der Waals surface area contributed by atoms with E-state index in [0.717, 1.165) is 22.7 Å². The van der Waals surface area contributed by atoms with Gasteiger partial charge in [-0.05, 0) is 93.5 Å². The molecule has 0 radical (unpaired) electrons. The molecule has 0 amide bonds. The summed E-state index contributed by atoms with van der Waals surface area (Å²) in [5, 5.41) is 9.96. The minimum Gasteiger partial charge on any atom is -0.310 e. The van der Waals surface area contributed by atoms with Crippen LogP contribution in [0.4, 0.5) is 17.1 Å². The van der Waals surface area contributed by atoms with Gasteiger partial charge in [0.2, 0.25) is 0 Å². The number of rotatable bonds is 6. The molecule has 3 heteroatoms. The van der Waals surface area contributed by atoms with E-state index in [1.807, 2.05) is 11.3 Å². The van der Waals surface area contributed by atoms with Gasteiger partial charge in [0.15, 0.2) is 0 Å². The average Bonchev–Trinajstić information content (AvgIpc) is 3.85. The SMILES string of the molecule is c1ccc(-c2ccc3c4ccccc4n(-c4cc(-c5ccc(N(c6ccc7ccccc7c6)c6cccc7ccccc67)cc5)c5sc6ccccc6c5c4)c3c2)cc1. The van der Waals surface area contributed by atoms with Crippen molar-refractivity contribution in [1.29, 1.82) is 0 Å². The van der Waals surface area contributed by atoms with Crippen molar-refractivity contribution in [2.24, 2.45) is 0 Å². The van der Waals surface area contributed by atoms with Gasteiger partial charge < -0.3 is 9.47 Å². The highest BCUT2D eigenvalue weighted by Crippen LogP contribution is 2.45. The zero-order valence-corrected chi connectivity index (χ0v) is 32.9. The number of hydrogen-bond donors (Lipinski definition) is 0. The summed E-state index contributed by atoms with van der Waals surface area (Å²) in [4.78, 5) is 2.41. The minimum absolute atomic E-state index is 1.11. The van der Waals surface area contributed by atoms with Gasteiger partial charge in [0.05, 0.1) is 16.7 Å². The Morgan fingerprint density at radius 3 is 1.88 bits per heavy atom. The second-order valence-electron chi connectivity index (χ2n) is 15.3. The molecule has 0 bridgehead atoms. The summed E-state index contributed by atoms with van der Waals surface area (Å²) in [5.41, 5.74) is 11.8. The van der Waals surface area contributed by atoms with Crippen molar-refractivity contribution < 1.29 is 0 Å². The Balaban J connectivity index is 1.07. The Bertz CT molecular complexity index is 3550. The molecule has 2 heterocycles. The van der Waals surface area contributed by atoms with Crippen molar-refractivity contribution in [3.8, 4) is 27.9 Å². The van der Waals surface area contributed by atoms with Crippen molar-refractivity contribution >= 4 is 91.9 Å². The summed E-state index contributed by atoms with van der Waals surface area (Å²) in [6.45, 7) is 0. The Morgan fingerprint density at radius 1 is 0.356 bits per heavy atom. The van der Waals surface area contributed by atoms with Crippen LogP contribution in [-0.4, -0.2) is 4.57 Å². The molecule has 0 atom stereocenters. The predicted molar refractivity (Wildman–Crippen MR) is 254 cm³/mol. The van der Waals surface area contributed by atoms with Crippen LogP contribution in [0.5, 0.6) is 0 Å². The fourth-order valence-corrected chi connectivity index (χ4v) is 10.4. The van der Waals surface area contributed by atoms with Crippen molar-refractivity contribution in [2.75, 3.05) is 4.90 Å². The fourth-order valence-electron chi connectivity index (χ4n) is 9.15. The van der Waals surface area contributed by atoms with Crippen LogP contribution in [0.15, 0.2) is 218 Å². The molecule has 2 nitrogen and oxygen atoms in total. The Morgan fingerprint density at radius 2 is 1.02 bits per heavy atom. The van der Waals surface area contributed by atoms with Crippen molar-refractivity contribution in [2.45, 2.75) is 0 Å². The molecule has 12 rings (SSSR count). The third-order valence-electron chi connectivity index (χ3n) is 11.9. The summed E-state index contributed by atoms with van der Waals surface area (Å²) in [7, 11) is 0. The maximum atomic E-state index is 2.48. The standard InChI is InChI=1S/C56H36N2S/c1-2-13-37(14-3-1)42-28-32-48-47-20-8-10-22-53(47)58(54(48)34-42)45-35-50(56-51(36-45)49-21-9-11-24-55(49)59-56)40-26-29-43(30-27-40)57(44-31-25-38-15-4-5-17-41(38)33-44)52-23-12-18-39-16-6-7-19-46(39)52/h1-36H. The zero-order valence-electron chi connectivity index (χ0n) is 32.1. The summed E-state index contributed by atoms with van der Waals surface area (Å²) in [5.74, 6) is 0. The first kappa shape index (κ1) is 33.7. The van der Waals surface area contributed by atoms with Crippen molar-refractivity contribution in [3.05, 3.63) is 218 Å². The maximum Gasteiger partial charge on any atom is 0.0547 e. The third-order valence-corrected chi connectivity index (χ3v) is 13.2. The number of thiophene rings is 1. The van der Waals surface area contributed by atoms with Gasteiger partial charge in [-0.15, -0.1) is 11.3 Å². The Kier molecular flexibility index (Phi) is 7.75. The van der Waals surface area contributed by atoms with E-state index in [1.165, 1.54) is 85.8 Å². The molecule has 2 aromatic heterocycles. The third kappa shape index (κ3) is 5.55. The first-order valence-corrected chi connectivity index (χ1v) is 21.0. The summed E-state index contributed by atoms with van der Waals surface area (Å²) < 4.78 is 5.07. The van der Waals surface area contributed by atoms with E-state index < -0.39 is 0 Å². The summed E-state index contributed by atoms with van der Waals surface area (Å²) >= 11 is 1.88. The highest BCUT2D eigenvalue weighted by molar-refractivity contribution is 7.26. The summed E-state index contributed by atoms with van der Waals surface area (Å²) in [6, 6.07) is 80.0. The highest BCUT2D eigenvalue weighted by atomic mass is 32.1. The molecule has 59 heavy (non-hydrogen) atoms. The lowest BCUT2D eigenvalue weighted by molar-refractivity contribution is 1.19. The van der Waals surface area contributed by atoms with E-state index in [2.05, 4.69) is 228 Å². The molecule has 0 saturated heterocycles. The molecular formula is C56H36N2S. The highest BCUT2D eigenvalue weighted by Gasteiger charge is 2.20. The predicted octanol–water partition coefficient (Wildman–Crippen LogP) is 16.3. The van der Waals surface area contributed by atoms with Gasteiger partial charge >= 0.3 is 0 Å². The number of anilines is 3. The number of aromatic nitrogens is 1. The molecule has 0 spiro atoms. The van der Waals surface area contributed by atoms with E-state index in [9.17, 15) is 0 Å². The van der Waals surface area contributed by atoms with Crippen molar-refractivity contribution in [1.82, 2.24) is 4.57 Å². The molecule has 0 N–H and O–H groups in total.